The molecule has 0 atom stereocenters. The van der Waals surface area contributed by atoms with E-state index in [9.17, 15) is 19.7 Å². The van der Waals surface area contributed by atoms with Crippen LogP contribution in [0.5, 0.6) is 0 Å². The summed E-state index contributed by atoms with van der Waals surface area (Å²) < 4.78 is 0. The monoisotopic (exact) mass is 280 g/mol. The summed E-state index contributed by atoms with van der Waals surface area (Å²) >= 11 is 0. The first-order valence-corrected chi connectivity index (χ1v) is 6.22. The number of rotatable bonds is 8. The molecule has 0 spiro atoms. The highest BCUT2D eigenvalue weighted by Crippen LogP contribution is 2.14. The fourth-order valence-electron chi connectivity index (χ4n) is 1.70. The summed E-state index contributed by atoms with van der Waals surface area (Å²) in [7, 11) is 0. The number of hydrogen-bond donors (Lipinski definition) is 1. The van der Waals surface area contributed by atoms with E-state index in [2.05, 4.69) is 4.84 Å². The highest BCUT2D eigenvalue weighted by atomic mass is 16.7. The van der Waals surface area contributed by atoms with Gasteiger partial charge >= 0.3 is 5.97 Å². The molecule has 7 heteroatoms. The van der Waals surface area contributed by atoms with Crippen LogP contribution in [0.25, 0.3) is 0 Å². The van der Waals surface area contributed by atoms with E-state index in [1.165, 1.54) is 24.3 Å². The van der Waals surface area contributed by atoms with Crippen molar-refractivity contribution in [3.8, 4) is 0 Å². The highest BCUT2D eigenvalue weighted by Gasteiger charge is 2.09. The average molecular weight is 280 g/mol. The molecule has 1 rings (SSSR count). The van der Waals surface area contributed by atoms with Crippen LogP contribution < -0.4 is 5.90 Å². The number of carbonyl (C=O) groups excluding carboxylic acids is 2. The number of ketones is 1. The molecule has 0 aliphatic rings. The number of nitrogens with two attached hydrogens (primary N) is 1. The first-order chi connectivity index (χ1) is 9.54. The molecule has 1 aromatic rings. The number of nitro benzene ring substituents is 1. The zero-order chi connectivity index (χ0) is 15.0. The normalized spacial score (nSPS) is 10.1. The van der Waals surface area contributed by atoms with E-state index in [4.69, 9.17) is 5.90 Å². The van der Waals surface area contributed by atoms with Crippen molar-refractivity contribution in [2.24, 2.45) is 5.90 Å². The van der Waals surface area contributed by atoms with Gasteiger partial charge in [-0.1, -0.05) is 6.42 Å². The van der Waals surface area contributed by atoms with E-state index in [1.807, 2.05) is 0 Å². The van der Waals surface area contributed by atoms with E-state index in [0.717, 1.165) is 0 Å². The number of nitro groups is 1. The Bertz CT molecular complexity index is 484. The molecule has 0 aliphatic carbocycles. The van der Waals surface area contributed by atoms with Gasteiger partial charge in [0.1, 0.15) is 0 Å². The van der Waals surface area contributed by atoms with Crippen molar-refractivity contribution in [1.29, 1.82) is 0 Å². The second-order valence-corrected chi connectivity index (χ2v) is 4.28. The second-order valence-electron chi connectivity index (χ2n) is 4.28. The quantitative estimate of drug-likeness (QED) is 0.338. The van der Waals surface area contributed by atoms with Gasteiger partial charge in [0.2, 0.25) is 0 Å². The molecular formula is C13H16N2O5. The van der Waals surface area contributed by atoms with E-state index >= 15 is 0 Å². The molecule has 7 nitrogen and oxygen atoms in total. The molecule has 108 valence electrons. The van der Waals surface area contributed by atoms with Crippen molar-refractivity contribution in [3.05, 3.63) is 39.9 Å². The van der Waals surface area contributed by atoms with Gasteiger partial charge in [0.25, 0.3) is 5.69 Å². The van der Waals surface area contributed by atoms with Crippen LogP contribution in [-0.2, 0) is 9.63 Å². The van der Waals surface area contributed by atoms with Gasteiger partial charge < -0.3 is 4.84 Å². The molecule has 0 fully saturated rings. The summed E-state index contributed by atoms with van der Waals surface area (Å²) in [5.41, 5.74) is 0.416. The molecule has 0 radical (unpaired) electrons. The Kier molecular flexibility index (Phi) is 6.31. The molecule has 0 saturated carbocycles. The lowest BCUT2D eigenvalue weighted by Crippen LogP contribution is -2.09. The Morgan fingerprint density at radius 3 is 2.25 bits per heavy atom. The third-order valence-corrected chi connectivity index (χ3v) is 2.82. The zero-order valence-electron chi connectivity index (χ0n) is 10.9. The molecule has 1 aromatic carbocycles. The molecule has 0 bridgehead atoms. The van der Waals surface area contributed by atoms with Gasteiger partial charge in [0.05, 0.1) is 4.92 Å². The smallest absolute Gasteiger partial charge is 0.324 e. The maximum Gasteiger partial charge on any atom is 0.324 e. The first kappa shape index (κ1) is 15.8. The maximum atomic E-state index is 11.8. The largest absolute Gasteiger partial charge is 0.373 e. The average Bonchev–Trinajstić information content (AvgIpc) is 2.46. The molecule has 2 N–H and O–H groups in total. The van der Waals surface area contributed by atoms with Crippen molar-refractivity contribution in [2.75, 3.05) is 0 Å². The molecular weight excluding hydrogens is 264 g/mol. The molecule has 0 heterocycles. The fraction of sp³-hybridized carbons (Fsp3) is 0.385. The number of nitrogens with zero attached hydrogens (tertiary/aromatic N) is 1. The van der Waals surface area contributed by atoms with Crippen LogP contribution in [0, 0.1) is 10.1 Å². The van der Waals surface area contributed by atoms with Crippen molar-refractivity contribution in [1.82, 2.24) is 0 Å². The molecule has 0 aliphatic heterocycles. The van der Waals surface area contributed by atoms with Gasteiger partial charge in [0.15, 0.2) is 5.78 Å². The van der Waals surface area contributed by atoms with Crippen molar-refractivity contribution in [3.63, 3.8) is 0 Å². The number of non-ortho nitro benzene ring substituents is 1. The molecule has 20 heavy (non-hydrogen) atoms. The Morgan fingerprint density at radius 2 is 1.70 bits per heavy atom. The van der Waals surface area contributed by atoms with Crippen LogP contribution in [0.2, 0.25) is 0 Å². The third-order valence-electron chi connectivity index (χ3n) is 2.82. The summed E-state index contributed by atoms with van der Waals surface area (Å²) in [5, 5.41) is 10.5. The van der Waals surface area contributed by atoms with Crippen LogP contribution in [-0.4, -0.2) is 16.7 Å². The lowest BCUT2D eigenvalue weighted by molar-refractivity contribution is -0.384. The van der Waals surface area contributed by atoms with Crippen molar-refractivity contribution >= 4 is 17.4 Å². The lowest BCUT2D eigenvalue weighted by Gasteiger charge is -2.01. The standard InChI is InChI=1S/C13H16N2O5/c14-20-13(17)5-3-1-2-4-12(16)10-6-8-11(9-7-10)15(18)19/h6-9H,1-5,14H2. The van der Waals surface area contributed by atoms with Gasteiger partial charge in [-0.2, -0.15) is 5.90 Å². The number of Topliss-reactive ketones (excluding diaryl/α,β-unsaturated/α-hetero) is 1. The lowest BCUT2D eigenvalue weighted by atomic mass is 10.0. The predicted octanol–water partition coefficient (Wildman–Crippen LogP) is 2.14. The van der Waals surface area contributed by atoms with Crippen LogP contribution in [0.15, 0.2) is 24.3 Å². The van der Waals surface area contributed by atoms with Crippen LogP contribution in [0.1, 0.15) is 42.5 Å². The minimum Gasteiger partial charge on any atom is -0.373 e. The number of carbonyl (C=O) groups is 2. The minimum atomic E-state index is -0.509. The van der Waals surface area contributed by atoms with Gasteiger partial charge in [0, 0.05) is 30.5 Å². The fourth-order valence-corrected chi connectivity index (χ4v) is 1.70. The van der Waals surface area contributed by atoms with E-state index in [-0.39, 0.29) is 17.9 Å². The zero-order valence-corrected chi connectivity index (χ0v) is 10.9. The summed E-state index contributed by atoms with van der Waals surface area (Å²) in [6.45, 7) is 0. The van der Waals surface area contributed by atoms with Crippen LogP contribution in [0.3, 0.4) is 0 Å². The Labute approximate surface area is 115 Å². The van der Waals surface area contributed by atoms with Crippen LogP contribution >= 0.6 is 0 Å². The van der Waals surface area contributed by atoms with Gasteiger partial charge in [-0.3, -0.25) is 19.7 Å². The molecule has 0 amide bonds. The van der Waals surface area contributed by atoms with Crippen molar-refractivity contribution < 1.29 is 19.3 Å². The Morgan fingerprint density at radius 1 is 1.10 bits per heavy atom. The summed E-state index contributed by atoms with van der Waals surface area (Å²) in [6, 6.07) is 5.52. The molecule has 0 aromatic heterocycles. The number of hydrogen-bond acceptors (Lipinski definition) is 6. The first-order valence-electron chi connectivity index (χ1n) is 6.22. The van der Waals surface area contributed by atoms with E-state index in [1.54, 1.807) is 0 Å². The predicted molar refractivity (Wildman–Crippen MR) is 70.8 cm³/mol. The summed E-state index contributed by atoms with van der Waals surface area (Å²) in [6.07, 6.45) is 2.56. The van der Waals surface area contributed by atoms with Crippen LogP contribution in [0.4, 0.5) is 5.69 Å². The van der Waals surface area contributed by atoms with Gasteiger partial charge in [-0.15, -0.1) is 0 Å². The maximum absolute atomic E-state index is 11.8. The SMILES string of the molecule is NOC(=O)CCCCCC(=O)c1ccc([N+](=O)[O-])cc1. The topological polar surface area (TPSA) is 113 Å². The van der Waals surface area contributed by atoms with Gasteiger partial charge in [-0.05, 0) is 25.0 Å². The number of unbranched alkanes of at least 4 members (excludes halogenated alkanes) is 2. The van der Waals surface area contributed by atoms with E-state index < -0.39 is 10.9 Å². The minimum absolute atomic E-state index is 0.0400. The molecule has 0 unspecified atom stereocenters. The van der Waals surface area contributed by atoms with E-state index in [0.29, 0.717) is 31.2 Å². The third kappa shape index (κ3) is 5.15. The number of benzene rings is 1. The van der Waals surface area contributed by atoms with Crippen molar-refractivity contribution in [2.45, 2.75) is 32.1 Å². The molecule has 0 saturated heterocycles. The second kappa shape index (κ2) is 8.00. The summed E-state index contributed by atoms with van der Waals surface area (Å²) in [4.78, 5) is 36.5. The Hall–Kier alpha value is -2.28. The summed E-state index contributed by atoms with van der Waals surface area (Å²) in [5.74, 6) is 4.16. The van der Waals surface area contributed by atoms with Gasteiger partial charge in [-0.25, -0.2) is 0 Å². The highest BCUT2D eigenvalue weighted by molar-refractivity contribution is 5.96. The Balaban J connectivity index is 2.32.